The van der Waals surface area contributed by atoms with E-state index in [0.717, 1.165) is 5.75 Å². The zero-order valence-corrected chi connectivity index (χ0v) is 7.63. The SMILES string of the molecule is CC(=O)N1CCS[C@H](C(=O)O)C1. The Balaban J connectivity index is 2.51. The maximum atomic E-state index is 10.9. The largest absolute Gasteiger partial charge is 0.480 e. The zero-order chi connectivity index (χ0) is 9.14. The smallest absolute Gasteiger partial charge is 0.318 e. The van der Waals surface area contributed by atoms with Crippen molar-refractivity contribution in [2.75, 3.05) is 18.8 Å². The Morgan fingerprint density at radius 3 is 2.75 bits per heavy atom. The van der Waals surface area contributed by atoms with Crippen molar-refractivity contribution in [3.05, 3.63) is 0 Å². The highest BCUT2D eigenvalue weighted by Crippen LogP contribution is 2.18. The highest BCUT2D eigenvalue weighted by atomic mass is 32.2. The minimum Gasteiger partial charge on any atom is -0.480 e. The van der Waals surface area contributed by atoms with Crippen LogP contribution in [-0.4, -0.2) is 46.0 Å². The van der Waals surface area contributed by atoms with Gasteiger partial charge in [-0.15, -0.1) is 11.8 Å². The third kappa shape index (κ3) is 2.14. The average Bonchev–Trinajstić information content (AvgIpc) is 2.04. The topological polar surface area (TPSA) is 57.6 Å². The molecule has 0 aromatic rings. The predicted molar refractivity (Wildman–Crippen MR) is 46.1 cm³/mol. The van der Waals surface area contributed by atoms with Gasteiger partial charge in [-0.25, -0.2) is 0 Å². The van der Waals surface area contributed by atoms with Crippen molar-refractivity contribution in [2.45, 2.75) is 12.2 Å². The molecule has 12 heavy (non-hydrogen) atoms. The van der Waals surface area contributed by atoms with E-state index in [1.807, 2.05) is 0 Å². The van der Waals surface area contributed by atoms with Gasteiger partial charge in [0, 0.05) is 25.8 Å². The fourth-order valence-electron chi connectivity index (χ4n) is 1.08. The van der Waals surface area contributed by atoms with Crippen LogP contribution in [0, 0.1) is 0 Å². The minimum atomic E-state index is -0.828. The van der Waals surface area contributed by atoms with Gasteiger partial charge in [0.1, 0.15) is 5.25 Å². The van der Waals surface area contributed by atoms with Gasteiger partial charge in [0.25, 0.3) is 0 Å². The number of thioether (sulfide) groups is 1. The van der Waals surface area contributed by atoms with Crippen LogP contribution in [0.3, 0.4) is 0 Å². The summed E-state index contributed by atoms with van der Waals surface area (Å²) in [4.78, 5) is 23.0. The summed E-state index contributed by atoms with van der Waals surface area (Å²) in [5.74, 6) is -0.149. The number of carboxylic acids is 1. The van der Waals surface area contributed by atoms with Crippen molar-refractivity contribution in [1.82, 2.24) is 4.90 Å². The average molecular weight is 189 g/mol. The molecule has 1 N–H and O–H groups in total. The van der Waals surface area contributed by atoms with E-state index in [-0.39, 0.29) is 5.91 Å². The molecule has 0 aliphatic carbocycles. The van der Waals surface area contributed by atoms with Gasteiger partial charge in [-0.2, -0.15) is 0 Å². The molecule has 1 amide bonds. The van der Waals surface area contributed by atoms with Crippen molar-refractivity contribution in [3.63, 3.8) is 0 Å². The Bertz CT molecular complexity index is 187. The minimum absolute atomic E-state index is 0.0402. The third-order valence-corrected chi connectivity index (χ3v) is 2.96. The molecule has 1 fully saturated rings. The molecule has 0 unspecified atom stereocenters. The number of carbonyl (C=O) groups is 2. The van der Waals surface area contributed by atoms with Gasteiger partial charge in [0.2, 0.25) is 5.91 Å². The first-order valence-electron chi connectivity index (χ1n) is 3.71. The molecule has 0 spiro atoms. The summed E-state index contributed by atoms with van der Waals surface area (Å²) in [6, 6.07) is 0. The first kappa shape index (κ1) is 9.38. The maximum absolute atomic E-state index is 10.9. The molecule has 68 valence electrons. The van der Waals surface area contributed by atoms with Gasteiger partial charge in [0.15, 0.2) is 0 Å². The van der Waals surface area contributed by atoms with Crippen molar-refractivity contribution < 1.29 is 14.7 Å². The number of carboxylic acid groups (broad SMARTS) is 1. The van der Waals surface area contributed by atoms with Crippen LogP contribution in [0.25, 0.3) is 0 Å². The summed E-state index contributed by atoms with van der Waals surface area (Å²) < 4.78 is 0. The molecule has 5 heteroatoms. The van der Waals surface area contributed by atoms with Crippen molar-refractivity contribution in [3.8, 4) is 0 Å². The van der Waals surface area contributed by atoms with E-state index in [4.69, 9.17) is 5.11 Å². The Morgan fingerprint density at radius 2 is 2.25 bits per heavy atom. The maximum Gasteiger partial charge on any atom is 0.318 e. The summed E-state index contributed by atoms with van der Waals surface area (Å²) in [5.41, 5.74) is 0. The summed E-state index contributed by atoms with van der Waals surface area (Å²) >= 11 is 1.40. The highest BCUT2D eigenvalue weighted by molar-refractivity contribution is 8.00. The number of aliphatic carboxylic acids is 1. The van der Waals surface area contributed by atoms with Crippen LogP contribution in [0.4, 0.5) is 0 Å². The Labute approximate surface area is 74.9 Å². The third-order valence-electron chi connectivity index (χ3n) is 1.79. The van der Waals surface area contributed by atoms with Crippen molar-refractivity contribution in [1.29, 1.82) is 0 Å². The van der Waals surface area contributed by atoms with Crippen LogP contribution < -0.4 is 0 Å². The molecular weight excluding hydrogens is 178 g/mol. The van der Waals surface area contributed by atoms with E-state index < -0.39 is 11.2 Å². The van der Waals surface area contributed by atoms with E-state index >= 15 is 0 Å². The molecule has 1 atom stereocenters. The number of carbonyl (C=O) groups excluding carboxylic acids is 1. The number of amides is 1. The molecule has 0 radical (unpaired) electrons. The van der Waals surface area contributed by atoms with E-state index in [9.17, 15) is 9.59 Å². The van der Waals surface area contributed by atoms with Crippen LogP contribution in [0.15, 0.2) is 0 Å². The van der Waals surface area contributed by atoms with Crippen LogP contribution in [-0.2, 0) is 9.59 Å². The van der Waals surface area contributed by atoms with Crippen LogP contribution in [0.1, 0.15) is 6.92 Å². The van der Waals surface area contributed by atoms with E-state index in [1.165, 1.54) is 18.7 Å². The molecule has 1 aliphatic heterocycles. The van der Waals surface area contributed by atoms with E-state index in [1.54, 1.807) is 4.90 Å². The van der Waals surface area contributed by atoms with Gasteiger partial charge in [-0.1, -0.05) is 0 Å². The van der Waals surface area contributed by atoms with Crippen LogP contribution in [0.2, 0.25) is 0 Å². The fourth-order valence-corrected chi connectivity index (χ4v) is 2.12. The summed E-state index contributed by atoms with van der Waals surface area (Å²) in [5, 5.41) is 8.24. The molecule has 1 heterocycles. The molecule has 1 rings (SSSR count). The molecule has 1 aliphatic rings. The van der Waals surface area contributed by atoms with Gasteiger partial charge in [0.05, 0.1) is 0 Å². The van der Waals surface area contributed by atoms with Gasteiger partial charge < -0.3 is 10.0 Å². The van der Waals surface area contributed by atoms with Crippen molar-refractivity contribution in [2.24, 2.45) is 0 Å². The molecule has 4 nitrogen and oxygen atoms in total. The molecule has 0 saturated carbocycles. The van der Waals surface area contributed by atoms with Gasteiger partial charge in [-0.3, -0.25) is 9.59 Å². The number of nitrogens with zero attached hydrogens (tertiary/aromatic N) is 1. The number of rotatable bonds is 1. The Hall–Kier alpha value is -0.710. The Kier molecular flexibility index (Phi) is 2.97. The molecule has 0 aromatic carbocycles. The zero-order valence-electron chi connectivity index (χ0n) is 6.82. The standard InChI is InChI=1S/C7H11NO3S/c1-5(9)8-2-3-12-6(4-8)7(10)11/h6H,2-4H2,1H3,(H,10,11)/t6-/m0/s1. The number of hydrogen-bond donors (Lipinski definition) is 1. The molecule has 1 saturated heterocycles. The second-order valence-electron chi connectivity index (χ2n) is 2.66. The lowest BCUT2D eigenvalue weighted by molar-refractivity contribution is -0.137. The second kappa shape index (κ2) is 3.80. The van der Waals surface area contributed by atoms with Gasteiger partial charge >= 0.3 is 5.97 Å². The van der Waals surface area contributed by atoms with Crippen LogP contribution >= 0.6 is 11.8 Å². The highest BCUT2D eigenvalue weighted by Gasteiger charge is 2.26. The van der Waals surface area contributed by atoms with E-state index in [2.05, 4.69) is 0 Å². The second-order valence-corrected chi connectivity index (χ2v) is 3.97. The lowest BCUT2D eigenvalue weighted by atomic mass is 10.3. The number of hydrogen-bond acceptors (Lipinski definition) is 3. The lowest BCUT2D eigenvalue weighted by Gasteiger charge is -2.29. The molecule has 0 aromatic heterocycles. The van der Waals surface area contributed by atoms with Gasteiger partial charge in [-0.05, 0) is 0 Å². The fraction of sp³-hybridized carbons (Fsp3) is 0.714. The first-order valence-corrected chi connectivity index (χ1v) is 4.76. The normalized spacial score (nSPS) is 23.8. The summed E-state index contributed by atoms with van der Waals surface area (Å²) in [7, 11) is 0. The Morgan fingerprint density at radius 1 is 1.58 bits per heavy atom. The van der Waals surface area contributed by atoms with Crippen LogP contribution in [0.5, 0.6) is 0 Å². The lowest BCUT2D eigenvalue weighted by Crippen LogP contribution is -2.43. The van der Waals surface area contributed by atoms with Crippen molar-refractivity contribution >= 4 is 23.6 Å². The predicted octanol–water partition coefficient (Wildman–Crippen LogP) is 0.0349. The monoisotopic (exact) mass is 189 g/mol. The first-order chi connectivity index (χ1) is 5.61. The summed E-state index contributed by atoms with van der Waals surface area (Å²) in [6.07, 6.45) is 0. The quantitative estimate of drug-likeness (QED) is 0.632. The molecular formula is C7H11NO3S. The molecule has 0 bridgehead atoms. The summed E-state index contributed by atoms with van der Waals surface area (Å²) in [6.45, 7) is 2.48. The van der Waals surface area contributed by atoms with E-state index in [0.29, 0.717) is 13.1 Å².